The molecule has 1 aliphatic heterocycles. The van der Waals surface area contributed by atoms with Crippen LogP contribution in [-0.2, 0) is 0 Å². The van der Waals surface area contributed by atoms with Gasteiger partial charge in [-0.2, -0.15) is 4.98 Å². The number of piperazine rings is 1. The highest BCUT2D eigenvalue weighted by Crippen LogP contribution is 2.26. The van der Waals surface area contributed by atoms with Crippen molar-refractivity contribution in [2.24, 2.45) is 0 Å². The second-order valence-corrected chi connectivity index (χ2v) is 5.74. The fourth-order valence-electron chi connectivity index (χ4n) is 2.66. The smallest absolute Gasteiger partial charge is 0.245 e. The standard InChI is InChI=1S/C14H18ClN5/c1-9-7-20(8-10(2)16-9)14-17-13(18-19-14)11-5-3-4-6-12(11)15/h3-6,9-10,16H,7-8H2,1-2H3,(H,17,18,19). The van der Waals surface area contributed by atoms with E-state index in [2.05, 4.69) is 39.2 Å². The quantitative estimate of drug-likeness (QED) is 0.891. The normalized spacial score (nSPS) is 23.1. The number of halogens is 1. The van der Waals surface area contributed by atoms with Crippen LogP contribution in [0, 0.1) is 0 Å². The second kappa shape index (κ2) is 5.42. The predicted octanol–water partition coefficient (Wildman–Crippen LogP) is 2.31. The predicted molar refractivity (Wildman–Crippen MR) is 81.1 cm³/mol. The number of nitrogens with one attached hydrogen (secondary N) is 2. The van der Waals surface area contributed by atoms with E-state index in [0.29, 0.717) is 22.9 Å². The fourth-order valence-corrected chi connectivity index (χ4v) is 2.88. The van der Waals surface area contributed by atoms with E-state index in [1.807, 2.05) is 24.3 Å². The molecular weight excluding hydrogens is 274 g/mol. The van der Waals surface area contributed by atoms with Crippen molar-refractivity contribution in [3.63, 3.8) is 0 Å². The van der Waals surface area contributed by atoms with Gasteiger partial charge in [-0.3, -0.25) is 5.10 Å². The molecule has 3 rings (SSSR count). The number of nitrogens with zero attached hydrogens (tertiary/aromatic N) is 3. The third kappa shape index (κ3) is 2.64. The lowest BCUT2D eigenvalue weighted by Gasteiger charge is -2.35. The number of H-pyrrole nitrogens is 1. The number of aromatic amines is 1. The Bertz CT molecular complexity index is 587. The minimum Gasteiger partial charge on any atom is -0.336 e. The molecule has 0 bridgehead atoms. The molecule has 2 heterocycles. The molecule has 0 spiro atoms. The Morgan fingerprint density at radius 1 is 1.20 bits per heavy atom. The molecule has 2 atom stereocenters. The first-order chi connectivity index (χ1) is 9.63. The Kier molecular flexibility index (Phi) is 3.63. The van der Waals surface area contributed by atoms with Crippen LogP contribution in [0.4, 0.5) is 5.95 Å². The van der Waals surface area contributed by atoms with E-state index >= 15 is 0 Å². The Labute approximate surface area is 123 Å². The van der Waals surface area contributed by atoms with Gasteiger partial charge in [-0.15, -0.1) is 5.10 Å². The molecule has 0 radical (unpaired) electrons. The molecular formula is C14H18ClN5. The van der Waals surface area contributed by atoms with Gasteiger partial charge in [-0.25, -0.2) is 0 Å². The Balaban J connectivity index is 1.85. The van der Waals surface area contributed by atoms with E-state index in [0.717, 1.165) is 24.6 Å². The molecule has 5 nitrogen and oxygen atoms in total. The summed E-state index contributed by atoms with van der Waals surface area (Å²) in [6, 6.07) is 8.51. The summed E-state index contributed by atoms with van der Waals surface area (Å²) in [7, 11) is 0. The van der Waals surface area contributed by atoms with Crippen molar-refractivity contribution in [2.75, 3.05) is 18.0 Å². The molecule has 2 aromatic rings. The number of aromatic nitrogens is 3. The molecule has 1 aliphatic rings. The van der Waals surface area contributed by atoms with Crippen LogP contribution in [0.5, 0.6) is 0 Å². The first-order valence-corrected chi connectivity index (χ1v) is 7.19. The van der Waals surface area contributed by atoms with Crippen LogP contribution in [0.1, 0.15) is 13.8 Å². The van der Waals surface area contributed by atoms with E-state index in [1.54, 1.807) is 0 Å². The topological polar surface area (TPSA) is 56.8 Å². The van der Waals surface area contributed by atoms with Gasteiger partial charge in [0, 0.05) is 30.7 Å². The van der Waals surface area contributed by atoms with Gasteiger partial charge < -0.3 is 10.2 Å². The molecule has 0 aliphatic carbocycles. The average Bonchev–Trinajstić information content (AvgIpc) is 2.87. The maximum Gasteiger partial charge on any atom is 0.245 e. The van der Waals surface area contributed by atoms with Crippen molar-refractivity contribution in [1.82, 2.24) is 20.5 Å². The van der Waals surface area contributed by atoms with Crippen LogP contribution in [-0.4, -0.2) is 40.4 Å². The van der Waals surface area contributed by atoms with Crippen molar-refractivity contribution in [3.8, 4) is 11.4 Å². The summed E-state index contributed by atoms with van der Waals surface area (Å²) >= 11 is 6.19. The molecule has 2 N–H and O–H groups in total. The van der Waals surface area contributed by atoms with Gasteiger partial charge in [0.1, 0.15) is 0 Å². The first-order valence-electron chi connectivity index (χ1n) is 6.82. The first kappa shape index (κ1) is 13.4. The van der Waals surface area contributed by atoms with Crippen molar-refractivity contribution >= 4 is 17.5 Å². The summed E-state index contributed by atoms with van der Waals surface area (Å²) < 4.78 is 0. The number of hydrogen-bond donors (Lipinski definition) is 2. The minimum absolute atomic E-state index is 0.431. The van der Waals surface area contributed by atoms with Gasteiger partial charge in [-0.1, -0.05) is 23.7 Å². The van der Waals surface area contributed by atoms with Gasteiger partial charge in [0.25, 0.3) is 0 Å². The molecule has 1 fully saturated rings. The minimum atomic E-state index is 0.431. The van der Waals surface area contributed by atoms with Gasteiger partial charge >= 0.3 is 0 Å². The maximum atomic E-state index is 6.19. The Hall–Kier alpha value is -1.59. The number of hydrogen-bond acceptors (Lipinski definition) is 4. The molecule has 106 valence electrons. The monoisotopic (exact) mass is 291 g/mol. The number of benzene rings is 1. The highest BCUT2D eigenvalue weighted by Gasteiger charge is 2.24. The van der Waals surface area contributed by atoms with E-state index in [4.69, 9.17) is 11.6 Å². The van der Waals surface area contributed by atoms with E-state index < -0.39 is 0 Å². The molecule has 20 heavy (non-hydrogen) atoms. The number of anilines is 1. The average molecular weight is 292 g/mol. The molecule has 1 saturated heterocycles. The summed E-state index contributed by atoms with van der Waals surface area (Å²) in [5, 5.41) is 11.5. The van der Waals surface area contributed by atoms with E-state index in [1.165, 1.54) is 0 Å². The van der Waals surface area contributed by atoms with Crippen molar-refractivity contribution < 1.29 is 0 Å². The van der Waals surface area contributed by atoms with Crippen molar-refractivity contribution in [1.29, 1.82) is 0 Å². The fraction of sp³-hybridized carbons (Fsp3) is 0.429. The summed E-state index contributed by atoms with van der Waals surface area (Å²) in [5.41, 5.74) is 0.879. The van der Waals surface area contributed by atoms with Gasteiger partial charge in [0.15, 0.2) is 5.82 Å². The second-order valence-electron chi connectivity index (χ2n) is 5.34. The lowest BCUT2D eigenvalue weighted by Crippen LogP contribution is -2.54. The number of rotatable bonds is 2. The van der Waals surface area contributed by atoms with Gasteiger partial charge in [-0.05, 0) is 26.0 Å². The summed E-state index contributed by atoms with van der Waals surface area (Å²) in [6.45, 7) is 6.16. The van der Waals surface area contributed by atoms with Crippen LogP contribution < -0.4 is 10.2 Å². The van der Waals surface area contributed by atoms with Crippen LogP contribution in [0.25, 0.3) is 11.4 Å². The highest BCUT2D eigenvalue weighted by atomic mass is 35.5. The molecule has 0 saturated carbocycles. The van der Waals surface area contributed by atoms with Crippen molar-refractivity contribution in [2.45, 2.75) is 25.9 Å². The van der Waals surface area contributed by atoms with Gasteiger partial charge in [0.05, 0.1) is 5.02 Å². The Morgan fingerprint density at radius 3 is 2.60 bits per heavy atom. The van der Waals surface area contributed by atoms with Crippen LogP contribution in [0.2, 0.25) is 5.02 Å². The summed E-state index contributed by atoms with van der Waals surface area (Å²) in [4.78, 5) is 6.78. The molecule has 1 aromatic heterocycles. The van der Waals surface area contributed by atoms with Crippen LogP contribution in [0.15, 0.2) is 24.3 Å². The maximum absolute atomic E-state index is 6.19. The third-order valence-corrected chi connectivity index (χ3v) is 3.77. The van der Waals surface area contributed by atoms with E-state index in [-0.39, 0.29) is 0 Å². The van der Waals surface area contributed by atoms with Crippen molar-refractivity contribution in [3.05, 3.63) is 29.3 Å². The van der Waals surface area contributed by atoms with Crippen LogP contribution >= 0.6 is 11.6 Å². The molecule has 2 unspecified atom stereocenters. The largest absolute Gasteiger partial charge is 0.336 e. The zero-order valence-electron chi connectivity index (χ0n) is 11.6. The Morgan fingerprint density at radius 2 is 1.90 bits per heavy atom. The highest BCUT2D eigenvalue weighted by molar-refractivity contribution is 6.33. The van der Waals surface area contributed by atoms with E-state index in [9.17, 15) is 0 Å². The SMILES string of the molecule is CC1CN(c2n[nH]c(-c3ccccc3Cl)n2)CC(C)N1. The summed E-state index contributed by atoms with van der Waals surface area (Å²) in [6.07, 6.45) is 0. The third-order valence-electron chi connectivity index (χ3n) is 3.44. The molecule has 1 aromatic carbocycles. The zero-order chi connectivity index (χ0) is 14.1. The van der Waals surface area contributed by atoms with Crippen LogP contribution in [0.3, 0.4) is 0 Å². The summed E-state index contributed by atoms with van der Waals surface area (Å²) in [5.74, 6) is 1.45. The lowest BCUT2D eigenvalue weighted by molar-refractivity contribution is 0.403. The zero-order valence-corrected chi connectivity index (χ0v) is 12.4. The van der Waals surface area contributed by atoms with Gasteiger partial charge in [0.2, 0.25) is 5.95 Å². The molecule has 0 amide bonds. The lowest BCUT2D eigenvalue weighted by atomic mass is 10.1. The molecule has 6 heteroatoms.